The summed E-state index contributed by atoms with van der Waals surface area (Å²) >= 11 is 1.47. The Morgan fingerprint density at radius 1 is 1.23 bits per heavy atom. The SMILES string of the molecule is CCc1[nH]c(C(=O)NNC(=O)c2cc3c(s2)CCC3)c(C)c1C(=O)OC. The van der Waals surface area contributed by atoms with E-state index in [1.807, 2.05) is 13.0 Å². The van der Waals surface area contributed by atoms with Crippen molar-refractivity contribution in [2.24, 2.45) is 0 Å². The summed E-state index contributed by atoms with van der Waals surface area (Å²) in [5.74, 6) is -1.34. The van der Waals surface area contributed by atoms with Crippen LogP contribution < -0.4 is 10.9 Å². The number of aryl methyl sites for hydroxylation is 3. The number of rotatable bonds is 4. The molecule has 3 rings (SSSR count). The van der Waals surface area contributed by atoms with Gasteiger partial charge in [-0.3, -0.25) is 20.4 Å². The van der Waals surface area contributed by atoms with Crippen LogP contribution in [0.4, 0.5) is 0 Å². The third kappa shape index (κ3) is 3.24. The molecule has 0 spiro atoms. The van der Waals surface area contributed by atoms with Crippen molar-refractivity contribution in [2.45, 2.75) is 39.5 Å². The van der Waals surface area contributed by atoms with Crippen LogP contribution in [0.15, 0.2) is 6.07 Å². The molecule has 1 aliphatic rings. The third-order valence-electron chi connectivity index (χ3n) is 4.56. The molecule has 0 fully saturated rings. The largest absolute Gasteiger partial charge is 0.465 e. The number of ether oxygens (including phenoxy) is 1. The number of methoxy groups -OCH3 is 1. The highest BCUT2D eigenvalue weighted by Crippen LogP contribution is 2.30. The minimum absolute atomic E-state index is 0.233. The van der Waals surface area contributed by atoms with Crippen LogP contribution in [-0.2, 0) is 24.0 Å². The van der Waals surface area contributed by atoms with Crippen LogP contribution in [0.5, 0.6) is 0 Å². The topological polar surface area (TPSA) is 100 Å². The number of H-pyrrole nitrogens is 1. The smallest absolute Gasteiger partial charge is 0.339 e. The van der Waals surface area contributed by atoms with Crippen molar-refractivity contribution in [1.29, 1.82) is 0 Å². The maximum absolute atomic E-state index is 12.4. The molecule has 7 nitrogen and oxygen atoms in total. The van der Waals surface area contributed by atoms with Gasteiger partial charge in [-0.05, 0) is 49.8 Å². The summed E-state index contributed by atoms with van der Waals surface area (Å²) < 4.78 is 4.78. The van der Waals surface area contributed by atoms with E-state index in [4.69, 9.17) is 4.74 Å². The zero-order chi connectivity index (χ0) is 18.8. The maximum Gasteiger partial charge on any atom is 0.339 e. The summed E-state index contributed by atoms with van der Waals surface area (Å²) in [5, 5.41) is 0. The number of hydrazine groups is 1. The van der Waals surface area contributed by atoms with Crippen LogP contribution in [0, 0.1) is 6.92 Å². The summed E-state index contributed by atoms with van der Waals surface area (Å²) in [4.78, 5) is 41.4. The maximum atomic E-state index is 12.4. The Bertz CT molecular complexity index is 860. The van der Waals surface area contributed by atoms with Gasteiger partial charge in [-0.15, -0.1) is 11.3 Å². The molecule has 0 saturated heterocycles. The number of thiophene rings is 1. The zero-order valence-electron chi connectivity index (χ0n) is 14.9. The van der Waals surface area contributed by atoms with E-state index in [2.05, 4.69) is 15.8 Å². The second kappa shape index (κ2) is 7.33. The Morgan fingerprint density at radius 2 is 1.96 bits per heavy atom. The number of amides is 2. The molecule has 0 saturated carbocycles. The molecule has 138 valence electrons. The molecule has 1 aliphatic carbocycles. The molecule has 2 heterocycles. The number of aromatic nitrogens is 1. The van der Waals surface area contributed by atoms with Crippen LogP contribution in [0.2, 0.25) is 0 Å². The molecule has 3 N–H and O–H groups in total. The van der Waals surface area contributed by atoms with E-state index in [1.165, 1.54) is 28.9 Å². The fraction of sp³-hybridized carbons (Fsp3) is 0.389. The van der Waals surface area contributed by atoms with Gasteiger partial charge in [0.15, 0.2) is 0 Å². The molecular weight excluding hydrogens is 354 g/mol. The number of fused-ring (bicyclic) bond motifs is 1. The first-order valence-corrected chi connectivity index (χ1v) is 9.29. The van der Waals surface area contributed by atoms with Crippen LogP contribution in [-0.4, -0.2) is 29.9 Å². The molecule has 26 heavy (non-hydrogen) atoms. The zero-order valence-corrected chi connectivity index (χ0v) is 15.8. The summed E-state index contributed by atoms with van der Waals surface area (Å²) in [7, 11) is 1.30. The highest BCUT2D eigenvalue weighted by atomic mass is 32.1. The molecule has 0 unspecified atom stereocenters. The second-order valence-electron chi connectivity index (χ2n) is 6.14. The minimum atomic E-state index is -0.509. The predicted molar refractivity (Wildman–Crippen MR) is 97.5 cm³/mol. The molecular formula is C18H21N3O4S. The van der Waals surface area contributed by atoms with Crippen LogP contribution in [0.25, 0.3) is 0 Å². The van der Waals surface area contributed by atoms with Gasteiger partial charge >= 0.3 is 5.97 Å². The fourth-order valence-corrected chi connectivity index (χ4v) is 4.36. The molecule has 0 radical (unpaired) electrons. The van der Waals surface area contributed by atoms with Crippen molar-refractivity contribution in [3.63, 3.8) is 0 Å². The number of hydrogen-bond donors (Lipinski definition) is 3. The summed E-state index contributed by atoms with van der Waals surface area (Å²) in [6, 6.07) is 1.89. The number of hydrogen-bond acceptors (Lipinski definition) is 5. The van der Waals surface area contributed by atoms with Gasteiger partial charge in [0.2, 0.25) is 0 Å². The second-order valence-corrected chi connectivity index (χ2v) is 7.28. The minimum Gasteiger partial charge on any atom is -0.465 e. The summed E-state index contributed by atoms with van der Waals surface area (Å²) in [6.45, 7) is 3.54. The molecule has 2 aromatic heterocycles. The van der Waals surface area contributed by atoms with Gasteiger partial charge in [-0.2, -0.15) is 0 Å². The van der Waals surface area contributed by atoms with E-state index >= 15 is 0 Å². The Kier molecular flexibility index (Phi) is 5.13. The molecule has 2 amide bonds. The van der Waals surface area contributed by atoms with Gasteiger partial charge in [0.05, 0.1) is 17.6 Å². The quantitative estimate of drug-likeness (QED) is 0.564. The van der Waals surface area contributed by atoms with Crippen molar-refractivity contribution < 1.29 is 19.1 Å². The first-order valence-electron chi connectivity index (χ1n) is 8.48. The van der Waals surface area contributed by atoms with E-state index in [0.29, 0.717) is 28.1 Å². The number of nitrogens with one attached hydrogen (secondary N) is 3. The Morgan fingerprint density at radius 3 is 2.62 bits per heavy atom. The fourth-order valence-electron chi connectivity index (χ4n) is 3.21. The van der Waals surface area contributed by atoms with Gasteiger partial charge in [-0.25, -0.2) is 4.79 Å². The van der Waals surface area contributed by atoms with Crippen molar-refractivity contribution in [3.8, 4) is 0 Å². The molecule has 0 aromatic carbocycles. The van der Waals surface area contributed by atoms with Crippen molar-refractivity contribution in [2.75, 3.05) is 7.11 Å². The van der Waals surface area contributed by atoms with Crippen molar-refractivity contribution >= 4 is 29.1 Å². The molecule has 8 heteroatoms. The summed E-state index contributed by atoms with van der Waals surface area (Å²) in [5.41, 5.74) is 7.79. The van der Waals surface area contributed by atoms with E-state index < -0.39 is 11.9 Å². The third-order valence-corrected chi connectivity index (χ3v) is 5.79. The normalized spacial score (nSPS) is 12.6. The van der Waals surface area contributed by atoms with E-state index in [0.717, 1.165) is 19.3 Å². The van der Waals surface area contributed by atoms with Gasteiger partial charge in [0.25, 0.3) is 11.8 Å². The Balaban J connectivity index is 1.70. The van der Waals surface area contributed by atoms with Gasteiger partial charge in [0.1, 0.15) is 5.69 Å². The lowest BCUT2D eigenvalue weighted by Gasteiger charge is -2.06. The number of carbonyl (C=O) groups is 3. The number of carbonyl (C=O) groups excluding carboxylic acids is 3. The summed E-state index contributed by atoms with van der Waals surface area (Å²) in [6.07, 6.45) is 3.69. The van der Waals surface area contributed by atoms with Crippen LogP contribution in [0.1, 0.15) is 65.6 Å². The highest BCUT2D eigenvalue weighted by Gasteiger charge is 2.24. The van der Waals surface area contributed by atoms with Gasteiger partial charge < -0.3 is 9.72 Å². The van der Waals surface area contributed by atoms with Crippen molar-refractivity contribution in [3.05, 3.63) is 43.9 Å². The molecule has 0 atom stereocenters. The molecule has 0 bridgehead atoms. The van der Waals surface area contributed by atoms with Gasteiger partial charge in [-0.1, -0.05) is 6.92 Å². The lowest BCUT2D eigenvalue weighted by atomic mass is 10.1. The first-order chi connectivity index (χ1) is 12.5. The Hall–Kier alpha value is -2.61. The van der Waals surface area contributed by atoms with E-state index in [1.54, 1.807) is 6.92 Å². The standard InChI is InChI=1S/C18H21N3O4S/c1-4-11-14(18(24)25-3)9(2)15(19-11)17(23)21-20-16(22)13-8-10-6-5-7-12(10)26-13/h8,19H,4-7H2,1-3H3,(H,20,22)(H,21,23). The first kappa shape index (κ1) is 18.2. The number of aromatic amines is 1. The van der Waals surface area contributed by atoms with Crippen LogP contribution in [0.3, 0.4) is 0 Å². The lowest BCUT2D eigenvalue weighted by Crippen LogP contribution is -2.41. The Labute approximate surface area is 155 Å². The average Bonchev–Trinajstić information content (AvgIpc) is 3.31. The predicted octanol–water partition coefficient (Wildman–Crippen LogP) is 2.30. The van der Waals surface area contributed by atoms with E-state index in [-0.39, 0.29) is 11.6 Å². The molecule has 2 aromatic rings. The van der Waals surface area contributed by atoms with Crippen molar-refractivity contribution in [1.82, 2.24) is 15.8 Å². The lowest BCUT2D eigenvalue weighted by molar-refractivity contribution is 0.0598. The van der Waals surface area contributed by atoms with Crippen LogP contribution >= 0.6 is 11.3 Å². The number of esters is 1. The highest BCUT2D eigenvalue weighted by molar-refractivity contribution is 7.14. The monoisotopic (exact) mass is 375 g/mol. The van der Waals surface area contributed by atoms with E-state index in [9.17, 15) is 14.4 Å². The molecule has 0 aliphatic heterocycles. The van der Waals surface area contributed by atoms with Gasteiger partial charge in [0, 0.05) is 10.6 Å². The average molecular weight is 375 g/mol.